The zero-order valence-electron chi connectivity index (χ0n) is 8.46. The summed E-state index contributed by atoms with van der Waals surface area (Å²) >= 11 is 5.87. The van der Waals surface area contributed by atoms with Crippen LogP contribution >= 0.6 is 11.6 Å². The van der Waals surface area contributed by atoms with Crippen LogP contribution in [0.4, 0.5) is 0 Å². The third kappa shape index (κ3) is 2.28. The molecular weight excluding hydrogens is 194 g/mol. The number of rotatable bonds is 1. The topological polar surface area (TPSA) is 12.0 Å². The molecule has 2 rings (SSSR count). The van der Waals surface area contributed by atoms with Gasteiger partial charge in [0.05, 0.1) is 0 Å². The smallest absolute Gasteiger partial charge is 0.0406 e. The minimum atomic E-state index is 0.643. The van der Waals surface area contributed by atoms with Gasteiger partial charge in [-0.3, -0.25) is 0 Å². The van der Waals surface area contributed by atoms with Gasteiger partial charge in [0.2, 0.25) is 0 Å². The average Bonchev–Trinajstić information content (AvgIpc) is 2.19. The van der Waals surface area contributed by atoms with Crippen LogP contribution in [0.2, 0.25) is 5.02 Å². The first kappa shape index (κ1) is 10.0. The molecule has 0 spiro atoms. The molecule has 0 aliphatic carbocycles. The Hall–Kier alpha value is -0.530. The summed E-state index contributed by atoms with van der Waals surface area (Å²) in [6, 6.07) is 8.94. The molecule has 1 heterocycles. The molecule has 1 aromatic carbocycles. The minimum absolute atomic E-state index is 0.643. The summed E-state index contributed by atoms with van der Waals surface area (Å²) in [7, 11) is 0. The molecule has 1 aromatic rings. The summed E-state index contributed by atoms with van der Waals surface area (Å²) in [4.78, 5) is 0. The second-order valence-electron chi connectivity index (χ2n) is 4.13. The predicted octanol–water partition coefficient (Wildman–Crippen LogP) is 3.20. The molecule has 0 saturated carbocycles. The van der Waals surface area contributed by atoms with Crippen LogP contribution in [0, 0.1) is 0 Å². The first-order valence-electron chi connectivity index (χ1n) is 5.24. The Morgan fingerprint density at radius 1 is 1.29 bits per heavy atom. The van der Waals surface area contributed by atoms with E-state index in [9.17, 15) is 0 Å². The van der Waals surface area contributed by atoms with Crippen LogP contribution in [0.3, 0.4) is 0 Å². The van der Waals surface area contributed by atoms with E-state index < -0.39 is 0 Å². The lowest BCUT2D eigenvalue weighted by Crippen LogP contribution is -2.34. The summed E-state index contributed by atoms with van der Waals surface area (Å²) in [5.74, 6) is 0.712. The van der Waals surface area contributed by atoms with Crippen molar-refractivity contribution in [1.82, 2.24) is 5.32 Å². The molecule has 1 aliphatic heterocycles. The first-order valence-corrected chi connectivity index (χ1v) is 5.62. The maximum absolute atomic E-state index is 5.87. The lowest BCUT2D eigenvalue weighted by molar-refractivity contribution is 0.381. The summed E-state index contributed by atoms with van der Waals surface area (Å²) in [6.45, 7) is 3.39. The molecule has 1 aliphatic rings. The Morgan fingerprint density at radius 2 is 2.00 bits per heavy atom. The second kappa shape index (κ2) is 4.33. The standard InChI is InChI=1S/C12H16ClN/c1-9-8-11(6-7-14-9)10-2-4-12(13)5-3-10/h2-5,9,11,14H,6-8H2,1H3/t9-,11?/m1/s1. The van der Waals surface area contributed by atoms with Crippen LogP contribution in [-0.4, -0.2) is 12.6 Å². The molecule has 76 valence electrons. The highest BCUT2D eigenvalue weighted by Crippen LogP contribution is 2.28. The molecule has 0 aromatic heterocycles. The molecule has 1 fully saturated rings. The van der Waals surface area contributed by atoms with Gasteiger partial charge in [-0.1, -0.05) is 23.7 Å². The summed E-state index contributed by atoms with van der Waals surface area (Å²) in [5.41, 5.74) is 1.43. The van der Waals surface area contributed by atoms with Crippen molar-refractivity contribution in [3.8, 4) is 0 Å². The van der Waals surface area contributed by atoms with Crippen molar-refractivity contribution in [3.05, 3.63) is 34.9 Å². The van der Waals surface area contributed by atoms with Crippen LogP contribution in [0.5, 0.6) is 0 Å². The predicted molar refractivity (Wildman–Crippen MR) is 60.9 cm³/mol. The van der Waals surface area contributed by atoms with E-state index in [0.29, 0.717) is 12.0 Å². The van der Waals surface area contributed by atoms with Crippen molar-refractivity contribution < 1.29 is 0 Å². The van der Waals surface area contributed by atoms with Crippen molar-refractivity contribution in [1.29, 1.82) is 0 Å². The van der Waals surface area contributed by atoms with E-state index in [4.69, 9.17) is 11.6 Å². The Labute approximate surface area is 90.5 Å². The largest absolute Gasteiger partial charge is 0.314 e. The van der Waals surface area contributed by atoms with E-state index in [-0.39, 0.29) is 0 Å². The molecule has 1 N–H and O–H groups in total. The van der Waals surface area contributed by atoms with Gasteiger partial charge in [0.15, 0.2) is 0 Å². The molecule has 0 radical (unpaired) electrons. The van der Waals surface area contributed by atoms with Gasteiger partial charge in [-0.2, -0.15) is 0 Å². The lowest BCUT2D eigenvalue weighted by Gasteiger charge is -2.28. The number of halogens is 1. The Bertz CT molecular complexity index is 294. The quantitative estimate of drug-likeness (QED) is 0.749. The van der Waals surface area contributed by atoms with E-state index in [1.807, 2.05) is 12.1 Å². The maximum atomic E-state index is 5.87. The van der Waals surface area contributed by atoms with Crippen molar-refractivity contribution in [2.75, 3.05) is 6.54 Å². The van der Waals surface area contributed by atoms with Gasteiger partial charge in [0, 0.05) is 11.1 Å². The molecule has 0 bridgehead atoms. The monoisotopic (exact) mass is 209 g/mol. The maximum Gasteiger partial charge on any atom is 0.0406 e. The van der Waals surface area contributed by atoms with E-state index in [1.54, 1.807) is 0 Å². The third-order valence-corrected chi connectivity index (χ3v) is 3.22. The van der Waals surface area contributed by atoms with Gasteiger partial charge in [-0.05, 0) is 49.9 Å². The van der Waals surface area contributed by atoms with Crippen molar-refractivity contribution in [2.24, 2.45) is 0 Å². The van der Waals surface area contributed by atoms with Crippen LogP contribution < -0.4 is 5.32 Å². The van der Waals surface area contributed by atoms with Gasteiger partial charge in [0.1, 0.15) is 0 Å². The zero-order chi connectivity index (χ0) is 9.97. The van der Waals surface area contributed by atoms with Gasteiger partial charge in [-0.25, -0.2) is 0 Å². The fraction of sp³-hybridized carbons (Fsp3) is 0.500. The van der Waals surface area contributed by atoms with E-state index in [2.05, 4.69) is 24.4 Å². The van der Waals surface area contributed by atoms with Crippen molar-refractivity contribution in [3.63, 3.8) is 0 Å². The molecule has 1 nitrogen and oxygen atoms in total. The van der Waals surface area contributed by atoms with Gasteiger partial charge >= 0.3 is 0 Å². The van der Waals surface area contributed by atoms with Crippen LogP contribution in [0.15, 0.2) is 24.3 Å². The van der Waals surface area contributed by atoms with Crippen LogP contribution in [0.1, 0.15) is 31.2 Å². The summed E-state index contributed by atoms with van der Waals surface area (Å²) < 4.78 is 0. The minimum Gasteiger partial charge on any atom is -0.314 e. The van der Waals surface area contributed by atoms with Gasteiger partial charge in [-0.15, -0.1) is 0 Å². The Balaban J connectivity index is 2.10. The molecule has 1 unspecified atom stereocenters. The normalized spacial score (nSPS) is 27.6. The molecule has 0 amide bonds. The average molecular weight is 210 g/mol. The van der Waals surface area contributed by atoms with E-state index in [1.165, 1.54) is 18.4 Å². The number of hydrogen-bond acceptors (Lipinski definition) is 1. The molecule has 2 heteroatoms. The Kier molecular flexibility index (Phi) is 3.09. The second-order valence-corrected chi connectivity index (χ2v) is 4.56. The van der Waals surface area contributed by atoms with Crippen molar-refractivity contribution >= 4 is 11.6 Å². The highest BCUT2D eigenvalue weighted by molar-refractivity contribution is 6.30. The van der Waals surface area contributed by atoms with Crippen LogP contribution in [0.25, 0.3) is 0 Å². The highest BCUT2D eigenvalue weighted by Gasteiger charge is 2.19. The van der Waals surface area contributed by atoms with E-state index in [0.717, 1.165) is 11.6 Å². The molecular formula is C12H16ClN. The molecule has 14 heavy (non-hydrogen) atoms. The first-order chi connectivity index (χ1) is 6.75. The third-order valence-electron chi connectivity index (χ3n) is 2.97. The van der Waals surface area contributed by atoms with Crippen LogP contribution in [-0.2, 0) is 0 Å². The number of piperidine rings is 1. The Morgan fingerprint density at radius 3 is 2.64 bits per heavy atom. The highest BCUT2D eigenvalue weighted by atomic mass is 35.5. The fourth-order valence-electron chi connectivity index (χ4n) is 2.17. The SMILES string of the molecule is C[C@@H]1CC(c2ccc(Cl)cc2)CCN1. The van der Waals surface area contributed by atoms with Gasteiger partial charge in [0.25, 0.3) is 0 Å². The van der Waals surface area contributed by atoms with Crippen molar-refractivity contribution in [2.45, 2.75) is 31.7 Å². The van der Waals surface area contributed by atoms with Gasteiger partial charge < -0.3 is 5.32 Å². The molecule has 1 saturated heterocycles. The molecule has 2 atom stereocenters. The fourth-order valence-corrected chi connectivity index (χ4v) is 2.30. The number of benzene rings is 1. The lowest BCUT2D eigenvalue weighted by atomic mass is 9.87. The summed E-state index contributed by atoms with van der Waals surface area (Å²) in [5, 5.41) is 4.30. The zero-order valence-corrected chi connectivity index (χ0v) is 9.22. The van der Waals surface area contributed by atoms with E-state index >= 15 is 0 Å². The number of nitrogens with one attached hydrogen (secondary N) is 1. The summed E-state index contributed by atoms with van der Waals surface area (Å²) in [6.07, 6.45) is 2.48. The number of hydrogen-bond donors (Lipinski definition) is 1.